The van der Waals surface area contributed by atoms with Gasteiger partial charge >= 0.3 is 0 Å². The molecule has 0 bridgehead atoms. The fraction of sp³-hybridized carbons (Fsp3) is 0.778. The number of ether oxygens (including phenoxy) is 1. The molecule has 136 valence electrons. The third-order valence-electron chi connectivity index (χ3n) is 5.24. The number of carbonyl (C=O) groups excluding carboxylic acids is 2. The van der Waals surface area contributed by atoms with Crippen molar-refractivity contribution in [3.63, 3.8) is 0 Å². The molecule has 0 radical (unpaired) electrons. The Morgan fingerprint density at radius 2 is 1.92 bits per heavy atom. The highest BCUT2D eigenvalue weighted by Crippen LogP contribution is 2.37. The lowest BCUT2D eigenvalue weighted by molar-refractivity contribution is -0.144. The molecular formula is C18H26N4O3. The summed E-state index contributed by atoms with van der Waals surface area (Å²) in [6, 6.07) is 0. The predicted molar refractivity (Wildman–Crippen MR) is 91.6 cm³/mol. The van der Waals surface area contributed by atoms with Crippen LogP contribution in [-0.4, -0.2) is 66.7 Å². The highest BCUT2D eigenvalue weighted by Gasteiger charge is 2.40. The first-order valence-corrected chi connectivity index (χ1v) is 9.15. The molecule has 7 nitrogen and oxygen atoms in total. The molecule has 1 atom stereocenters. The summed E-state index contributed by atoms with van der Waals surface area (Å²) in [4.78, 5) is 28.9. The van der Waals surface area contributed by atoms with Crippen molar-refractivity contribution in [2.24, 2.45) is 16.1 Å². The van der Waals surface area contributed by atoms with Crippen molar-refractivity contribution in [2.75, 3.05) is 39.4 Å². The van der Waals surface area contributed by atoms with E-state index in [-0.39, 0.29) is 17.7 Å². The van der Waals surface area contributed by atoms with Gasteiger partial charge in [-0.1, -0.05) is 0 Å². The summed E-state index contributed by atoms with van der Waals surface area (Å²) in [7, 11) is 0. The zero-order chi connectivity index (χ0) is 17.7. The first kappa shape index (κ1) is 17.9. The van der Waals surface area contributed by atoms with Gasteiger partial charge in [0.1, 0.15) is 0 Å². The smallest absolute Gasteiger partial charge is 0.227 e. The largest absolute Gasteiger partial charge is 0.378 e. The molecule has 7 heteroatoms. The molecule has 3 heterocycles. The molecule has 0 spiro atoms. The van der Waals surface area contributed by atoms with Crippen LogP contribution < -0.4 is 0 Å². The van der Waals surface area contributed by atoms with E-state index >= 15 is 0 Å². The second-order valence-corrected chi connectivity index (χ2v) is 7.00. The van der Waals surface area contributed by atoms with Gasteiger partial charge in [-0.15, -0.1) is 12.3 Å². The third kappa shape index (κ3) is 4.57. The maximum Gasteiger partial charge on any atom is 0.227 e. The van der Waals surface area contributed by atoms with Crippen molar-refractivity contribution in [1.82, 2.24) is 9.80 Å². The number of hydrogen-bond acceptors (Lipinski definition) is 5. The van der Waals surface area contributed by atoms with Crippen LogP contribution >= 0.6 is 0 Å². The zero-order valence-corrected chi connectivity index (χ0v) is 14.7. The quantitative estimate of drug-likeness (QED) is 0.683. The average molecular weight is 346 g/mol. The van der Waals surface area contributed by atoms with E-state index in [1.165, 1.54) is 0 Å². The highest BCUT2D eigenvalue weighted by atomic mass is 16.5. The molecule has 0 aromatic rings. The number of carbonyl (C=O) groups is 2. The Balaban J connectivity index is 1.46. The molecule has 0 aromatic carbocycles. The topological polar surface area (TPSA) is 74.6 Å². The summed E-state index contributed by atoms with van der Waals surface area (Å²) in [5.41, 5.74) is -0.416. The second-order valence-electron chi connectivity index (χ2n) is 7.00. The molecule has 3 rings (SSSR count). The number of terminal acetylenes is 1. The van der Waals surface area contributed by atoms with E-state index in [1.54, 1.807) is 0 Å². The summed E-state index contributed by atoms with van der Waals surface area (Å²) in [5.74, 6) is 2.78. The molecule has 0 saturated carbocycles. The van der Waals surface area contributed by atoms with Crippen LogP contribution in [-0.2, 0) is 14.3 Å². The van der Waals surface area contributed by atoms with Crippen LogP contribution in [0.1, 0.15) is 38.5 Å². The van der Waals surface area contributed by atoms with Crippen LogP contribution in [0.4, 0.5) is 0 Å². The van der Waals surface area contributed by atoms with Crippen LogP contribution in [0.2, 0.25) is 0 Å². The van der Waals surface area contributed by atoms with E-state index < -0.39 is 5.66 Å². The Bertz CT molecular complexity index is 571. The Morgan fingerprint density at radius 3 is 2.60 bits per heavy atom. The third-order valence-corrected chi connectivity index (χ3v) is 5.24. The Morgan fingerprint density at radius 1 is 1.16 bits per heavy atom. The number of morpholine rings is 1. The van der Waals surface area contributed by atoms with Crippen LogP contribution in [0.3, 0.4) is 0 Å². The van der Waals surface area contributed by atoms with Crippen molar-refractivity contribution < 1.29 is 14.3 Å². The summed E-state index contributed by atoms with van der Waals surface area (Å²) in [5, 5.41) is 8.16. The molecule has 25 heavy (non-hydrogen) atoms. The summed E-state index contributed by atoms with van der Waals surface area (Å²) < 4.78 is 5.31. The van der Waals surface area contributed by atoms with E-state index in [2.05, 4.69) is 16.1 Å². The minimum absolute atomic E-state index is 0.0819. The van der Waals surface area contributed by atoms with Gasteiger partial charge in [0.2, 0.25) is 11.8 Å². The monoisotopic (exact) mass is 346 g/mol. The van der Waals surface area contributed by atoms with E-state index in [0.29, 0.717) is 52.1 Å². The summed E-state index contributed by atoms with van der Waals surface area (Å²) >= 11 is 0. The molecule has 1 unspecified atom stereocenters. The number of rotatable bonds is 6. The molecule has 2 amide bonds. The van der Waals surface area contributed by atoms with E-state index in [9.17, 15) is 9.59 Å². The number of likely N-dealkylation sites (tertiary alicyclic amines) is 1. The lowest BCUT2D eigenvalue weighted by Gasteiger charge is -2.36. The maximum absolute atomic E-state index is 12.7. The van der Waals surface area contributed by atoms with Crippen molar-refractivity contribution in [3.05, 3.63) is 0 Å². The van der Waals surface area contributed by atoms with Gasteiger partial charge in [-0.05, 0) is 12.8 Å². The fourth-order valence-corrected chi connectivity index (χ4v) is 3.58. The number of piperidine rings is 1. The average Bonchev–Trinajstić information content (AvgIpc) is 3.45. The molecule has 2 fully saturated rings. The van der Waals surface area contributed by atoms with Gasteiger partial charge in [0, 0.05) is 51.9 Å². The Hall–Kier alpha value is -1.94. The Kier molecular flexibility index (Phi) is 5.69. The fourth-order valence-electron chi connectivity index (χ4n) is 3.58. The number of amides is 2. The molecule has 3 aliphatic heterocycles. The Labute approximate surface area is 148 Å². The SMILES string of the molecule is C#CCCC1(CCC(=O)N2CCCC(C(=O)N3CCOCC3)C2)N=N1. The highest BCUT2D eigenvalue weighted by molar-refractivity contribution is 5.81. The van der Waals surface area contributed by atoms with Crippen LogP contribution in [0.15, 0.2) is 10.2 Å². The van der Waals surface area contributed by atoms with Gasteiger partial charge in [-0.2, -0.15) is 10.2 Å². The number of hydrogen-bond donors (Lipinski definition) is 0. The van der Waals surface area contributed by atoms with Gasteiger partial charge in [0.05, 0.1) is 19.1 Å². The lowest BCUT2D eigenvalue weighted by atomic mass is 9.95. The van der Waals surface area contributed by atoms with Gasteiger partial charge in [-0.3, -0.25) is 9.59 Å². The van der Waals surface area contributed by atoms with E-state index in [0.717, 1.165) is 25.8 Å². The minimum atomic E-state index is -0.416. The van der Waals surface area contributed by atoms with Gasteiger partial charge in [0.15, 0.2) is 5.66 Å². The molecule has 2 saturated heterocycles. The summed E-state index contributed by atoms with van der Waals surface area (Å²) in [6.45, 7) is 3.79. The first-order chi connectivity index (χ1) is 12.1. The van der Waals surface area contributed by atoms with Crippen LogP contribution in [0, 0.1) is 18.3 Å². The molecule has 0 aromatic heterocycles. The predicted octanol–water partition coefficient (Wildman–Crippen LogP) is 1.44. The molecule has 3 aliphatic rings. The van der Waals surface area contributed by atoms with E-state index in [1.807, 2.05) is 9.80 Å². The summed E-state index contributed by atoms with van der Waals surface area (Å²) in [6.07, 6.45) is 9.40. The van der Waals surface area contributed by atoms with Crippen LogP contribution in [0.5, 0.6) is 0 Å². The maximum atomic E-state index is 12.7. The molecular weight excluding hydrogens is 320 g/mol. The normalized spacial score (nSPS) is 24.7. The molecule has 0 N–H and O–H groups in total. The van der Waals surface area contributed by atoms with Gasteiger partial charge in [-0.25, -0.2) is 0 Å². The van der Waals surface area contributed by atoms with Gasteiger partial charge < -0.3 is 14.5 Å². The standard InChI is InChI=1S/C18H26N4O3/c1-2-3-7-18(19-20-18)8-6-16(23)22-9-4-5-15(14-22)17(24)21-10-12-25-13-11-21/h1,15H,3-14H2. The molecule has 0 aliphatic carbocycles. The second kappa shape index (κ2) is 7.96. The van der Waals surface area contributed by atoms with Gasteiger partial charge in [0.25, 0.3) is 0 Å². The first-order valence-electron chi connectivity index (χ1n) is 9.15. The van der Waals surface area contributed by atoms with E-state index in [4.69, 9.17) is 11.2 Å². The van der Waals surface area contributed by atoms with Crippen molar-refractivity contribution in [1.29, 1.82) is 0 Å². The van der Waals surface area contributed by atoms with Crippen molar-refractivity contribution in [3.8, 4) is 12.3 Å². The van der Waals surface area contributed by atoms with Crippen molar-refractivity contribution >= 4 is 11.8 Å². The zero-order valence-electron chi connectivity index (χ0n) is 14.7. The number of nitrogens with zero attached hydrogens (tertiary/aromatic N) is 4. The van der Waals surface area contributed by atoms with Crippen LogP contribution in [0.25, 0.3) is 0 Å². The van der Waals surface area contributed by atoms with Crippen molar-refractivity contribution in [2.45, 2.75) is 44.2 Å². The lowest BCUT2D eigenvalue weighted by Crippen LogP contribution is -2.49. The minimum Gasteiger partial charge on any atom is -0.378 e.